The van der Waals surface area contributed by atoms with Crippen LogP contribution in [0.2, 0.25) is 0 Å². The average Bonchev–Trinajstić information content (AvgIpc) is 2.40. The number of benzene rings is 1. The van der Waals surface area contributed by atoms with Crippen molar-refractivity contribution in [2.75, 3.05) is 18.5 Å². The zero-order valence-corrected chi connectivity index (χ0v) is 11.5. The van der Waals surface area contributed by atoms with E-state index in [0.717, 1.165) is 0 Å². The molecule has 0 saturated heterocycles. The normalized spacial score (nSPS) is 9.85. The molecule has 6 nitrogen and oxygen atoms in total. The Morgan fingerprint density at radius 3 is 2.70 bits per heavy atom. The standard InChI is InChI=1S/C14H20N2O4/c1-2-20-12-8-4-3-7-11(12)16-14(19)15-10-6-5-9-13(17)18/h3-4,7-8H,2,5-6,9-10H2,1H3,(H,17,18)(H2,15,16,19). The highest BCUT2D eigenvalue weighted by molar-refractivity contribution is 5.90. The molecule has 0 spiro atoms. The minimum absolute atomic E-state index is 0.122. The van der Waals surface area contributed by atoms with Gasteiger partial charge in [0.25, 0.3) is 0 Å². The minimum Gasteiger partial charge on any atom is -0.492 e. The number of aliphatic carboxylic acids is 1. The molecule has 1 aromatic rings. The van der Waals surface area contributed by atoms with Crippen LogP contribution in [0.1, 0.15) is 26.2 Å². The molecule has 3 N–H and O–H groups in total. The molecule has 0 aliphatic rings. The van der Waals surface area contributed by atoms with Gasteiger partial charge in [-0.1, -0.05) is 12.1 Å². The van der Waals surface area contributed by atoms with E-state index < -0.39 is 5.97 Å². The number of nitrogens with one attached hydrogen (secondary N) is 2. The number of anilines is 1. The van der Waals surface area contributed by atoms with Crippen LogP contribution >= 0.6 is 0 Å². The predicted molar refractivity (Wildman–Crippen MR) is 76.1 cm³/mol. The van der Waals surface area contributed by atoms with Gasteiger partial charge in [0.1, 0.15) is 5.75 Å². The first-order valence-corrected chi connectivity index (χ1v) is 6.62. The van der Waals surface area contributed by atoms with Crippen LogP contribution in [-0.2, 0) is 4.79 Å². The highest BCUT2D eigenvalue weighted by atomic mass is 16.5. The Balaban J connectivity index is 2.33. The molecule has 0 bridgehead atoms. The number of amides is 2. The Kier molecular flexibility index (Phi) is 6.95. The smallest absolute Gasteiger partial charge is 0.319 e. The van der Waals surface area contributed by atoms with Gasteiger partial charge in [0.2, 0.25) is 0 Å². The molecule has 0 radical (unpaired) electrons. The molecular formula is C14H20N2O4. The Morgan fingerprint density at radius 2 is 2.00 bits per heavy atom. The van der Waals surface area contributed by atoms with Crippen molar-refractivity contribution in [3.8, 4) is 5.75 Å². The van der Waals surface area contributed by atoms with Crippen LogP contribution in [0.15, 0.2) is 24.3 Å². The molecule has 2 amide bonds. The fraction of sp³-hybridized carbons (Fsp3) is 0.429. The van der Waals surface area contributed by atoms with E-state index in [0.29, 0.717) is 37.4 Å². The lowest BCUT2D eigenvalue weighted by atomic mass is 10.2. The van der Waals surface area contributed by atoms with Crippen molar-refractivity contribution in [2.24, 2.45) is 0 Å². The van der Waals surface area contributed by atoms with Crippen LogP contribution in [0.3, 0.4) is 0 Å². The zero-order chi connectivity index (χ0) is 14.8. The first-order valence-electron chi connectivity index (χ1n) is 6.62. The quantitative estimate of drug-likeness (QED) is 0.638. The number of carbonyl (C=O) groups is 2. The lowest BCUT2D eigenvalue weighted by Crippen LogP contribution is -2.29. The molecular weight excluding hydrogens is 260 g/mol. The number of ether oxygens (including phenoxy) is 1. The lowest BCUT2D eigenvalue weighted by Gasteiger charge is -2.11. The van der Waals surface area contributed by atoms with E-state index >= 15 is 0 Å². The van der Waals surface area contributed by atoms with Crippen LogP contribution in [0, 0.1) is 0 Å². The Hall–Kier alpha value is -2.24. The van der Waals surface area contributed by atoms with Crippen LogP contribution in [0.4, 0.5) is 10.5 Å². The van der Waals surface area contributed by atoms with E-state index in [1.165, 1.54) is 0 Å². The van der Waals surface area contributed by atoms with E-state index in [1.54, 1.807) is 12.1 Å². The van der Waals surface area contributed by atoms with Crippen molar-refractivity contribution in [1.29, 1.82) is 0 Å². The molecule has 0 saturated carbocycles. The number of hydrogen-bond donors (Lipinski definition) is 3. The third-order valence-electron chi connectivity index (χ3n) is 2.54. The summed E-state index contributed by atoms with van der Waals surface area (Å²) in [5.74, 6) is -0.198. The lowest BCUT2D eigenvalue weighted by molar-refractivity contribution is -0.137. The second-order valence-corrected chi connectivity index (χ2v) is 4.16. The fourth-order valence-electron chi connectivity index (χ4n) is 1.62. The summed E-state index contributed by atoms with van der Waals surface area (Å²) in [6, 6.07) is 6.86. The van der Waals surface area contributed by atoms with Crippen molar-refractivity contribution in [3.05, 3.63) is 24.3 Å². The Bertz CT molecular complexity index is 449. The number of unbranched alkanes of at least 4 members (excludes halogenated alkanes) is 1. The summed E-state index contributed by atoms with van der Waals surface area (Å²) < 4.78 is 5.40. The molecule has 110 valence electrons. The van der Waals surface area contributed by atoms with Gasteiger partial charge in [-0.15, -0.1) is 0 Å². The van der Waals surface area contributed by atoms with Gasteiger partial charge in [0.05, 0.1) is 12.3 Å². The molecule has 1 aromatic carbocycles. The van der Waals surface area contributed by atoms with E-state index in [9.17, 15) is 9.59 Å². The fourth-order valence-corrected chi connectivity index (χ4v) is 1.62. The largest absolute Gasteiger partial charge is 0.492 e. The highest BCUT2D eigenvalue weighted by Crippen LogP contribution is 2.23. The zero-order valence-electron chi connectivity index (χ0n) is 11.5. The molecule has 6 heteroatoms. The van der Waals surface area contributed by atoms with Crippen LogP contribution < -0.4 is 15.4 Å². The number of rotatable bonds is 8. The maximum Gasteiger partial charge on any atom is 0.319 e. The SMILES string of the molecule is CCOc1ccccc1NC(=O)NCCCCC(=O)O. The maximum absolute atomic E-state index is 11.7. The van der Waals surface area contributed by atoms with E-state index in [4.69, 9.17) is 9.84 Å². The van der Waals surface area contributed by atoms with Crippen LogP contribution in [-0.4, -0.2) is 30.3 Å². The maximum atomic E-state index is 11.7. The molecule has 20 heavy (non-hydrogen) atoms. The monoisotopic (exact) mass is 280 g/mol. The van der Waals surface area contributed by atoms with Crippen molar-refractivity contribution in [3.63, 3.8) is 0 Å². The summed E-state index contributed by atoms with van der Waals surface area (Å²) in [7, 11) is 0. The number of carbonyl (C=O) groups excluding carboxylic acids is 1. The summed E-state index contributed by atoms with van der Waals surface area (Å²) in [6.45, 7) is 2.84. The van der Waals surface area contributed by atoms with Gasteiger partial charge in [-0.05, 0) is 31.9 Å². The van der Waals surface area contributed by atoms with Crippen LogP contribution in [0.5, 0.6) is 5.75 Å². The average molecular weight is 280 g/mol. The Labute approximate surface area is 118 Å². The number of carboxylic acid groups (broad SMARTS) is 1. The Morgan fingerprint density at radius 1 is 1.25 bits per heavy atom. The molecule has 0 fully saturated rings. The predicted octanol–water partition coefficient (Wildman–Crippen LogP) is 2.46. The van der Waals surface area contributed by atoms with Crippen molar-refractivity contribution in [1.82, 2.24) is 5.32 Å². The van der Waals surface area contributed by atoms with Gasteiger partial charge in [-0.3, -0.25) is 4.79 Å². The first-order chi connectivity index (χ1) is 9.63. The number of urea groups is 1. The minimum atomic E-state index is -0.819. The molecule has 0 aromatic heterocycles. The van der Waals surface area contributed by atoms with Gasteiger partial charge in [0, 0.05) is 13.0 Å². The van der Waals surface area contributed by atoms with Gasteiger partial charge >= 0.3 is 12.0 Å². The molecule has 0 atom stereocenters. The third kappa shape index (κ3) is 6.08. The number of carboxylic acids is 1. The molecule has 0 heterocycles. The van der Waals surface area contributed by atoms with Crippen molar-refractivity contribution in [2.45, 2.75) is 26.2 Å². The second-order valence-electron chi connectivity index (χ2n) is 4.16. The summed E-state index contributed by atoms with van der Waals surface area (Å²) in [5.41, 5.74) is 0.609. The van der Waals surface area contributed by atoms with E-state index in [1.807, 2.05) is 19.1 Å². The molecule has 0 aliphatic carbocycles. The van der Waals surface area contributed by atoms with E-state index in [2.05, 4.69) is 10.6 Å². The second kappa shape index (κ2) is 8.79. The van der Waals surface area contributed by atoms with Gasteiger partial charge < -0.3 is 20.5 Å². The summed E-state index contributed by atoms with van der Waals surface area (Å²) >= 11 is 0. The molecule has 0 aliphatic heterocycles. The van der Waals surface area contributed by atoms with Gasteiger partial charge in [-0.25, -0.2) is 4.79 Å². The summed E-state index contributed by atoms with van der Waals surface area (Å²) in [6.07, 6.45) is 1.30. The third-order valence-corrected chi connectivity index (χ3v) is 2.54. The molecule has 0 unspecified atom stereocenters. The first kappa shape index (κ1) is 15.8. The van der Waals surface area contributed by atoms with Crippen molar-refractivity contribution >= 4 is 17.7 Å². The summed E-state index contributed by atoms with van der Waals surface area (Å²) in [5, 5.41) is 13.9. The van der Waals surface area contributed by atoms with Crippen LogP contribution in [0.25, 0.3) is 0 Å². The highest BCUT2D eigenvalue weighted by Gasteiger charge is 2.06. The number of para-hydroxylation sites is 2. The molecule has 1 rings (SSSR count). The van der Waals surface area contributed by atoms with Gasteiger partial charge in [-0.2, -0.15) is 0 Å². The summed E-state index contributed by atoms with van der Waals surface area (Å²) in [4.78, 5) is 22.0. The van der Waals surface area contributed by atoms with Gasteiger partial charge in [0.15, 0.2) is 0 Å². The van der Waals surface area contributed by atoms with Crippen molar-refractivity contribution < 1.29 is 19.4 Å². The van der Waals surface area contributed by atoms with E-state index in [-0.39, 0.29) is 12.5 Å². The number of hydrogen-bond acceptors (Lipinski definition) is 3. The topological polar surface area (TPSA) is 87.7 Å².